The Hall–Kier alpha value is -1.03. The first kappa shape index (κ1) is 15.4. The molecule has 1 aliphatic rings. The van der Waals surface area contributed by atoms with Gasteiger partial charge in [-0.05, 0) is 46.1 Å². The topological polar surface area (TPSA) is 25.4 Å². The van der Waals surface area contributed by atoms with Crippen molar-refractivity contribution in [3.05, 3.63) is 29.0 Å². The molecular weight excluding hydrogens is 268 g/mol. The molecule has 112 valence electrons. The van der Waals surface area contributed by atoms with E-state index in [1.807, 2.05) is 6.20 Å². The average molecular weight is 294 g/mol. The number of likely N-dealkylation sites (tertiary alicyclic amines) is 1. The van der Waals surface area contributed by atoms with Crippen molar-refractivity contribution in [2.45, 2.75) is 52.1 Å². The van der Waals surface area contributed by atoms with Crippen LogP contribution in [0.5, 0.6) is 0 Å². The van der Waals surface area contributed by atoms with Gasteiger partial charge >= 0.3 is 0 Å². The Morgan fingerprint density at radius 1 is 1.55 bits per heavy atom. The normalized spacial score (nSPS) is 21.6. The highest BCUT2D eigenvalue weighted by Gasteiger charge is 2.28. The van der Waals surface area contributed by atoms with E-state index in [9.17, 15) is 0 Å². The fourth-order valence-electron chi connectivity index (χ4n) is 2.72. The van der Waals surface area contributed by atoms with Crippen LogP contribution in [0.1, 0.15) is 51.5 Å². The van der Waals surface area contributed by atoms with Crippen LogP contribution < -0.4 is 0 Å². The average Bonchev–Trinajstić information content (AvgIpc) is 2.90. The molecule has 1 aromatic rings. The van der Waals surface area contributed by atoms with Gasteiger partial charge in [0.05, 0.1) is 5.01 Å². The van der Waals surface area contributed by atoms with Crippen LogP contribution in [0.15, 0.2) is 24.0 Å². The predicted molar refractivity (Wildman–Crippen MR) is 84.8 cm³/mol. The first-order valence-electron chi connectivity index (χ1n) is 7.39. The molecule has 4 heteroatoms. The van der Waals surface area contributed by atoms with Crippen molar-refractivity contribution in [2.75, 3.05) is 13.1 Å². The first-order chi connectivity index (χ1) is 9.37. The van der Waals surface area contributed by atoms with E-state index in [2.05, 4.69) is 49.5 Å². The van der Waals surface area contributed by atoms with Gasteiger partial charge in [-0.15, -0.1) is 11.3 Å². The monoisotopic (exact) mass is 294 g/mol. The largest absolute Gasteiger partial charge is 0.474 e. The third-order valence-electron chi connectivity index (χ3n) is 3.78. The molecule has 1 aliphatic heterocycles. The van der Waals surface area contributed by atoms with E-state index in [1.54, 1.807) is 11.3 Å². The molecule has 0 aliphatic carbocycles. The lowest BCUT2D eigenvalue weighted by Crippen LogP contribution is -2.39. The highest BCUT2D eigenvalue weighted by atomic mass is 32.1. The minimum Gasteiger partial charge on any atom is -0.474 e. The molecule has 1 aromatic heterocycles. The number of rotatable bonds is 4. The standard InChI is InChI=1S/C16H26N2OS/c1-12(15-17-8-10-20-15)14-7-6-9-18(11-14)13(2)19-16(3,4)5/h8,10,12,14H,2,6-7,9,11H2,1,3-5H3. The van der Waals surface area contributed by atoms with Gasteiger partial charge in [-0.2, -0.15) is 0 Å². The van der Waals surface area contributed by atoms with E-state index in [-0.39, 0.29) is 5.60 Å². The second kappa shape index (κ2) is 6.17. The molecule has 0 aromatic carbocycles. The van der Waals surface area contributed by atoms with Crippen LogP contribution in [0.2, 0.25) is 0 Å². The summed E-state index contributed by atoms with van der Waals surface area (Å²) in [5, 5.41) is 3.31. The summed E-state index contributed by atoms with van der Waals surface area (Å²) in [6, 6.07) is 0. The van der Waals surface area contributed by atoms with Crippen LogP contribution in [-0.4, -0.2) is 28.6 Å². The van der Waals surface area contributed by atoms with E-state index in [4.69, 9.17) is 4.74 Å². The minimum atomic E-state index is -0.176. The molecule has 2 atom stereocenters. The van der Waals surface area contributed by atoms with Crippen molar-refractivity contribution in [1.29, 1.82) is 0 Å². The molecule has 1 fully saturated rings. The van der Waals surface area contributed by atoms with Crippen LogP contribution >= 0.6 is 11.3 Å². The second-order valence-corrected chi connectivity index (χ2v) is 7.54. The Morgan fingerprint density at radius 2 is 2.30 bits per heavy atom. The maximum atomic E-state index is 5.91. The number of thiazole rings is 1. The van der Waals surface area contributed by atoms with Crippen molar-refractivity contribution in [3.63, 3.8) is 0 Å². The lowest BCUT2D eigenvalue weighted by molar-refractivity contribution is -0.00906. The SMILES string of the molecule is C=C(OC(C)(C)C)N1CCCC(C(C)c2nccs2)C1. The van der Waals surface area contributed by atoms with Gasteiger partial charge in [0.2, 0.25) is 0 Å². The summed E-state index contributed by atoms with van der Waals surface area (Å²) in [4.78, 5) is 6.76. The molecule has 2 heterocycles. The summed E-state index contributed by atoms with van der Waals surface area (Å²) in [7, 11) is 0. The molecule has 0 radical (unpaired) electrons. The minimum absolute atomic E-state index is 0.176. The van der Waals surface area contributed by atoms with Gasteiger partial charge in [0, 0.05) is 30.6 Å². The number of piperidine rings is 1. The molecule has 2 unspecified atom stereocenters. The van der Waals surface area contributed by atoms with Gasteiger partial charge in [0.15, 0.2) is 5.88 Å². The molecular formula is C16H26N2OS. The maximum absolute atomic E-state index is 5.91. The van der Waals surface area contributed by atoms with Gasteiger partial charge < -0.3 is 9.64 Å². The van der Waals surface area contributed by atoms with E-state index in [1.165, 1.54) is 17.8 Å². The number of nitrogens with zero attached hydrogens (tertiary/aromatic N) is 2. The van der Waals surface area contributed by atoms with Crippen molar-refractivity contribution in [3.8, 4) is 0 Å². The number of ether oxygens (including phenoxy) is 1. The summed E-state index contributed by atoms with van der Waals surface area (Å²) in [5.74, 6) is 1.96. The molecule has 2 rings (SSSR count). The van der Waals surface area contributed by atoms with Gasteiger partial charge in [-0.1, -0.05) is 6.92 Å². The Morgan fingerprint density at radius 3 is 2.90 bits per heavy atom. The van der Waals surface area contributed by atoms with Gasteiger partial charge in [-0.25, -0.2) is 4.98 Å². The number of hydrogen-bond acceptors (Lipinski definition) is 4. The molecule has 0 N–H and O–H groups in total. The van der Waals surface area contributed by atoms with Crippen LogP contribution in [-0.2, 0) is 4.74 Å². The van der Waals surface area contributed by atoms with Crippen molar-refractivity contribution >= 4 is 11.3 Å². The van der Waals surface area contributed by atoms with Crippen LogP contribution in [0.25, 0.3) is 0 Å². The van der Waals surface area contributed by atoms with Crippen molar-refractivity contribution in [2.24, 2.45) is 5.92 Å². The fraction of sp³-hybridized carbons (Fsp3) is 0.688. The van der Waals surface area contributed by atoms with Crippen LogP contribution in [0.4, 0.5) is 0 Å². The molecule has 1 saturated heterocycles. The molecule has 0 amide bonds. The Bertz CT molecular complexity index is 436. The fourth-order valence-corrected chi connectivity index (χ4v) is 3.51. The van der Waals surface area contributed by atoms with E-state index in [0.717, 1.165) is 19.0 Å². The summed E-state index contributed by atoms with van der Waals surface area (Å²) in [6.07, 6.45) is 4.37. The maximum Gasteiger partial charge on any atom is 0.182 e. The molecule has 0 bridgehead atoms. The lowest BCUT2D eigenvalue weighted by Gasteiger charge is -2.38. The second-order valence-electron chi connectivity index (χ2n) is 6.62. The van der Waals surface area contributed by atoms with Crippen molar-refractivity contribution in [1.82, 2.24) is 9.88 Å². The zero-order valence-electron chi connectivity index (χ0n) is 13.1. The Balaban J connectivity index is 1.96. The highest BCUT2D eigenvalue weighted by Crippen LogP contribution is 2.33. The van der Waals surface area contributed by atoms with Gasteiger partial charge in [0.1, 0.15) is 5.60 Å². The zero-order valence-corrected chi connectivity index (χ0v) is 13.9. The molecule has 0 saturated carbocycles. The summed E-state index contributed by atoms with van der Waals surface area (Å²) in [5.41, 5.74) is -0.176. The summed E-state index contributed by atoms with van der Waals surface area (Å²) in [6.45, 7) is 14.7. The van der Waals surface area contributed by atoms with Crippen LogP contribution in [0.3, 0.4) is 0 Å². The van der Waals surface area contributed by atoms with E-state index >= 15 is 0 Å². The zero-order chi connectivity index (χ0) is 14.8. The highest BCUT2D eigenvalue weighted by molar-refractivity contribution is 7.09. The summed E-state index contributed by atoms with van der Waals surface area (Å²) >= 11 is 1.76. The van der Waals surface area contributed by atoms with Gasteiger partial charge in [-0.3, -0.25) is 0 Å². The van der Waals surface area contributed by atoms with Crippen LogP contribution in [0, 0.1) is 5.92 Å². The Labute approximate surface area is 126 Å². The number of hydrogen-bond donors (Lipinski definition) is 0. The van der Waals surface area contributed by atoms with Crippen molar-refractivity contribution < 1.29 is 4.74 Å². The molecule has 0 spiro atoms. The molecule has 3 nitrogen and oxygen atoms in total. The first-order valence-corrected chi connectivity index (χ1v) is 8.27. The smallest absolute Gasteiger partial charge is 0.182 e. The number of aromatic nitrogens is 1. The third-order valence-corrected chi connectivity index (χ3v) is 4.76. The molecule has 20 heavy (non-hydrogen) atoms. The van der Waals surface area contributed by atoms with E-state index in [0.29, 0.717) is 11.8 Å². The Kier molecular flexibility index (Phi) is 4.74. The summed E-state index contributed by atoms with van der Waals surface area (Å²) < 4.78 is 5.91. The quantitative estimate of drug-likeness (QED) is 0.776. The predicted octanol–water partition coefficient (Wildman–Crippen LogP) is 4.24. The van der Waals surface area contributed by atoms with Gasteiger partial charge in [0.25, 0.3) is 0 Å². The lowest BCUT2D eigenvalue weighted by atomic mass is 9.87. The van der Waals surface area contributed by atoms with E-state index < -0.39 is 0 Å². The third kappa shape index (κ3) is 3.98.